The number of carbonyl (C=O) groups excluding carboxylic acids is 1. The fourth-order valence-corrected chi connectivity index (χ4v) is 1.81. The Morgan fingerprint density at radius 1 is 1.42 bits per heavy atom. The zero-order chi connectivity index (χ0) is 9.72. The van der Waals surface area contributed by atoms with E-state index < -0.39 is 11.2 Å². The zero-order valence-electron chi connectivity index (χ0n) is 7.53. The molecule has 70 valence electrons. The first-order valence-electron chi connectivity index (χ1n) is 3.83. The van der Waals surface area contributed by atoms with E-state index in [0.29, 0.717) is 12.3 Å². The Hall–Kier alpha value is -0.510. The van der Waals surface area contributed by atoms with Crippen molar-refractivity contribution < 1.29 is 14.7 Å². The minimum atomic E-state index is -0.899. The third-order valence-electron chi connectivity index (χ3n) is 1.27. The summed E-state index contributed by atoms with van der Waals surface area (Å²) < 4.78 is 0. The van der Waals surface area contributed by atoms with Gasteiger partial charge in [0.05, 0.1) is 0 Å². The summed E-state index contributed by atoms with van der Waals surface area (Å²) in [5.74, 6) is -0.596. The number of hydrogen-bond acceptors (Lipinski definition) is 3. The Balaban J connectivity index is 4.04. The van der Waals surface area contributed by atoms with E-state index in [2.05, 4.69) is 0 Å². The van der Waals surface area contributed by atoms with Crippen LogP contribution in [-0.4, -0.2) is 21.4 Å². The topological polar surface area (TPSA) is 54.4 Å². The number of carboxylic acid groups (broad SMARTS) is 1. The molecule has 0 amide bonds. The van der Waals surface area contributed by atoms with Crippen molar-refractivity contribution in [2.24, 2.45) is 5.92 Å². The molecule has 0 fully saturated rings. The van der Waals surface area contributed by atoms with E-state index in [0.717, 1.165) is 11.8 Å². The molecular formula is C8H14O3S. The average Bonchev–Trinajstić information content (AvgIpc) is 1.83. The summed E-state index contributed by atoms with van der Waals surface area (Å²) in [6, 6.07) is 0. The number of aliphatic carboxylic acids is 1. The van der Waals surface area contributed by atoms with Gasteiger partial charge in [0.25, 0.3) is 0 Å². The van der Waals surface area contributed by atoms with Gasteiger partial charge in [-0.1, -0.05) is 25.6 Å². The molecule has 0 aromatic carbocycles. The second kappa shape index (κ2) is 5.19. The van der Waals surface area contributed by atoms with Crippen molar-refractivity contribution in [3.8, 4) is 0 Å². The third kappa shape index (κ3) is 5.18. The lowest BCUT2D eigenvalue weighted by molar-refractivity contribution is -0.136. The first kappa shape index (κ1) is 11.5. The Bertz CT molecular complexity index is 177. The Morgan fingerprint density at radius 2 is 1.92 bits per heavy atom. The van der Waals surface area contributed by atoms with Gasteiger partial charge in [-0.3, -0.25) is 9.59 Å². The standard InChI is InChI=1S/C8H14O3S/c1-5(2)4-7(8(10)11)12-6(3)9/h5,7H,4H2,1-3H3,(H,10,11)/t7-/m1/s1. The predicted molar refractivity (Wildman–Crippen MR) is 49.2 cm³/mol. The summed E-state index contributed by atoms with van der Waals surface area (Å²) in [6.45, 7) is 5.27. The predicted octanol–water partition coefficient (Wildman–Crippen LogP) is 1.77. The molecule has 0 rings (SSSR count). The quantitative estimate of drug-likeness (QED) is 0.734. The summed E-state index contributed by atoms with van der Waals surface area (Å²) >= 11 is 0.898. The number of rotatable bonds is 4. The van der Waals surface area contributed by atoms with Crippen molar-refractivity contribution in [1.29, 1.82) is 0 Å². The summed E-state index contributed by atoms with van der Waals surface area (Å²) in [6.07, 6.45) is 0.541. The minimum Gasteiger partial charge on any atom is -0.480 e. The van der Waals surface area contributed by atoms with Crippen LogP contribution in [0.25, 0.3) is 0 Å². The lowest BCUT2D eigenvalue weighted by Gasteiger charge is -2.11. The highest BCUT2D eigenvalue weighted by atomic mass is 32.2. The Kier molecular flexibility index (Phi) is 4.97. The smallest absolute Gasteiger partial charge is 0.317 e. The molecule has 0 aromatic rings. The van der Waals surface area contributed by atoms with Crippen molar-refractivity contribution in [3.63, 3.8) is 0 Å². The highest BCUT2D eigenvalue weighted by Crippen LogP contribution is 2.19. The first-order valence-corrected chi connectivity index (χ1v) is 4.71. The van der Waals surface area contributed by atoms with E-state index in [9.17, 15) is 9.59 Å². The molecule has 0 aliphatic carbocycles. The highest BCUT2D eigenvalue weighted by molar-refractivity contribution is 8.14. The number of carboxylic acids is 1. The fraction of sp³-hybridized carbons (Fsp3) is 0.750. The van der Waals surface area contributed by atoms with Gasteiger partial charge in [-0.25, -0.2) is 0 Å². The molecule has 0 saturated heterocycles. The first-order chi connectivity index (χ1) is 5.43. The van der Waals surface area contributed by atoms with Gasteiger partial charge >= 0.3 is 5.97 Å². The van der Waals surface area contributed by atoms with E-state index in [1.165, 1.54) is 6.92 Å². The Labute approximate surface area is 76.5 Å². The summed E-state index contributed by atoms with van der Waals surface area (Å²) in [7, 11) is 0. The maximum absolute atomic E-state index is 10.6. The molecule has 4 heteroatoms. The van der Waals surface area contributed by atoms with Gasteiger partial charge in [0, 0.05) is 6.92 Å². The summed E-state index contributed by atoms with van der Waals surface area (Å²) in [5.41, 5.74) is 0. The molecule has 1 N–H and O–H groups in total. The average molecular weight is 190 g/mol. The van der Waals surface area contributed by atoms with Crippen LogP contribution in [0.2, 0.25) is 0 Å². The lowest BCUT2D eigenvalue weighted by Crippen LogP contribution is -2.19. The molecule has 0 heterocycles. The largest absolute Gasteiger partial charge is 0.480 e. The summed E-state index contributed by atoms with van der Waals surface area (Å²) in [5, 5.41) is 7.98. The van der Waals surface area contributed by atoms with Crippen molar-refractivity contribution in [2.45, 2.75) is 32.4 Å². The number of carbonyl (C=O) groups is 2. The zero-order valence-corrected chi connectivity index (χ0v) is 8.35. The van der Waals surface area contributed by atoms with Gasteiger partial charge in [0.2, 0.25) is 0 Å². The molecule has 0 aromatic heterocycles. The van der Waals surface area contributed by atoms with E-state index in [-0.39, 0.29) is 5.12 Å². The molecule has 0 aliphatic rings. The van der Waals surface area contributed by atoms with Crippen molar-refractivity contribution >= 4 is 22.8 Å². The number of thioether (sulfide) groups is 1. The van der Waals surface area contributed by atoms with Crippen LogP contribution >= 0.6 is 11.8 Å². The second-order valence-corrected chi connectivity index (χ2v) is 4.45. The SMILES string of the molecule is CC(=O)S[C@H](CC(C)C)C(=O)O. The molecule has 0 aliphatic heterocycles. The van der Waals surface area contributed by atoms with Crippen LogP contribution in [0.4, 0.5) is 0 Å². The minimum absolute atomic E-state index is 0.136. The normalized spacial score (nSPS) is 13.0. The maximum atomic E-state index is 10.6. The molecule has 0 bridgehead atoms. The van der Waals surface area contributed by atoms with Gasteiger partial charge < -0.3 is 5.11 Å². The van der Waals surface area contributed by atoms with Gasteiger partial charge in [-0.05, 0) is 12.3 Å². The molecule has 0 saturated carbocycles. The van der Waals surface area contributed by atoms with Gasteiger partial charge in [-0.15, -0.1) is 0 Å². The van der Waals surface area contributed by atoms with E-state index >= 15 is 0 Å². The summed E-state index contributed by atoms with van der Waals surface area (Å²) in [4.78, 5) is 21.2. The van der Waals surface area contributed by atoms with E-state index in [1.807, 2.05) is 13.8 Å². The molecule has 0 unspecified atom stereocenters. The van der Waals surface area contributed by atoms with Crippen LogP contribution in [0, 0.1) is 5.92 Å². The van der Waals surface area contributed by atoms with Crippen LogP contribution in [0.3, 0.4) is 0 Å². The van der Waals surface area contributed by atoms with Gasteiger partial charge in [0.1, 0.15) is 5.25 Å². The highest BCUT2D eigenvalue weighted by Gasteiger charge is 2.20. The lowest BCUT2D eigenvalue weighted by atomic mass is 10.1. The van der Waals surface area contributed by atoms with E-state index in [1.54, 1.807) is 0 Å². The molecule has 0 radical (unpaired) electrons. The van der Waals surface area contributed by atoms with Crippen molar-refractivity contribution in [3.05, 3.63) is 0 Å². The van der Waals surface area contributed by atoms with Crippen molar-refractivity contribution in [1.82, 2.24) is 0 Å². The van der Waals surface area contributed by atoms with E-state index in [4.69, 9.17) is 5.11 Å². The van der Waals surface area contributed by atoms with Crippen molar-refractivity contribution in [2.75, 3.05) is 0 Å². The fourth-order valence-electron chi connectivity index (χ4n) is 0.828. The number of hydrogen-bond donors (Lipinski definition) is 1. The van der Waals surface area contributed by atoms with Gasteiger partial charge in [-0.2, -0.15) is 0 Å². The molecular weight excluding hydrogens is 176 g/mol. The molecule has 12 heavy (non-hydrogen) atoms. The van der Waals surface area contributed by atoms with Gasteiger partial charge in [0.15, 0.2) is 5.12 Å². The Morgan fingerprint density at radius 3 is 2.17 bits per heavy atom. The molecule has 0 spiro atoms. The monoisotopic (exact) mass is 190 g/mol. The van der Waals surface area contributed by atoms with Crippen LogP contribution in [0.15, 0.2) is 0 Å². The molecule has 1 atom stereocenters. The third-order valence-corrected chi connectivity index (χ3v) is 2.28. The van der Waals surface area contributed by atoms with Crippen LogP contribution in [0.1, 0.15) is 27.2 Å². The van der Waals surface area contributed by atoms with Crippen LogP contribution < -0.4 is 0 Å². The second-order valence-electron chi connectivity index (χ2n) is 3.07. The van der Waals surface area contributed by atoms with Crippen LogP contribution in [0.5, 0.6) is 0 Å². The molecule has 3 nitrogen and oxygen atoms in total. The van der Waals surface area contributed by atoms with Crippen LogP contribution in [-0.2, 0) is 9.59 Å². The maximum Gasteiger partial charge on any atom is 0.317 e.